The number of aromatic nitrogens is 1. The molecule has 0 N–H and O–H groups in total. The Balaban J connectivity index is 1.54. The molecule has 0 aliphatic heterocycles. The molecular weight excluding hydrogens is 210 g/mol. The highest BCUT2D eigenvalue weighted by atomic mass is 16.1. The molecule has 0 amide bonds. The van der Waals surface area contributed by atoms with Gasteiger partial charge in [-0.05, 0) is 54.7 Å². The van der Waals surface area contributed by atoms with Gasteiger partial charge in [0, 0.05) is 25.2 Å². The number of fused-ring (bicyclic) bond motifs is 2. The van der Waals surface area contributed by atoms with Crippen LogP contribution in [0.15, 0.2) is 24.5 Å². The monoisotopic (exact) mass is 229 g/mol. The van der Waals surface area contributed by atoms with E-state index in [1.807, 2.05) is 12.1 Å². The number of pyridine rings is 1. The van der Waals surface area contributed by atoms with Crippen LogP contribution in [0.3, 0.4) is 0 Å². The van der Waals surface area contributed by atoms with E-state index in [1.165, 1.54) is 25.7 Å². The first-order valence-corrected chi connectivity index (χ1v) is 6.72. The molecule has 0 saturated heterocycles. The number of hydrogen-bond acceptors (Lipinski definition) is 2. The minimum Gasteiger partial charge on any atom is -0.299 e. The Morgan fingerprint density at radius 3 is 2.71 bits per heavy atom. The van der Waals surface area contributed by atoms with Crippen LogP contribution in [0.2, 0.25) is 0 Å². The van der Waals surface area contributed by atoms with E-state index in [2.05, 4.69) is 4.98 Å². The van der Waals surface area contributed by atoms with Gasteiger partial charge in [-0.15, -0.1) is 0 Å². The van der Waals surface area contributed by atoms with Crippen LogP contribution in [0.25, 0.3) is 0 Å². The minimum absolute atomic E-state index is 0.411. The molecule has 2 aliphatic rings. The SMILES string of the molecule is O=C(Cc1ccncc1)CC1CC2CCC1C2. The second kappa shape index (κ2) is 4.59. The Labute approximate surface area is 102 Å². The topological polar surface area (TPSA) is 30.0 Å². The van der Waals surface area contributed by atoms with Gasteiger partial charge in [-0.3, -0.25) is 9.78 Å². The summed E-state index contributed by atoms with van der Waals surface area (Å²) in [5.74, 6) is 2.91. The summed E-state index contributed by atoms with van der Waals surface area (Å²) in [4.78, 5) is 16.0. The van der Waals surface area contributed by atoms with Crippen molar-refractivity contribution in [3.8, 4) is 0 Å². The normalized spacial score (nSPS) is 30.7. The van der Waals surface area contributed by atoms with Gasteiger partial charge in [0.2, 0.25) is 0 Å². The number of carbonyl (C=O) groups is 1. The molecule has 2 aliphatic carbocycles. The van der Waals surface area contributed by atoms with Crippen LogP contribution >= 0.6 is 0 Å². The van der Waals surface area contributed by atoms with E-state index in [0.717, 1.165) is 23.8 Å². The molecule has 0 radical (unpaired) electrons. The van der Waals surface area contributed by atoms with Crippen molar-refractivity contribution in [3.05, 3.63) is 30.1 Å². The molecule has 90 valence electrons. The smallest absolute Gasteiger partial charge is 0.137 e. The van der Waals surface area contributed by atoms with Gasteiger partial charge in [-0.2, -0.15) is 0 Å². The molecule has 2 heteroatoms. The summed E-state index contributed by atoms with van der Waals surface area (Å²) in [6, 6.07) is 3.89. The lowest BCUT2D eigenvalue weighted by atomic mass is 9.84. The van der Waals surface area contributed by atoms with Gasteiger partial charge in [0.05, 0.1) is 0 Å². The lowest BCUT2D eigenvalue weighted by Crippen LogP contribution is -2.16. The largest absolute Gasteiger partial charge is 0.299 e. The third-order valence-corrected chi connectivity index (χ3v) is 4.53. The van der Waals surface area contributed by atoms with Crippen LogP contribution in [0, 0.1) is 17.8 Å². The quantitative estimate of drug-likeness (QED) is 0.794. The Hall–Kier alpha value is -1.18. The van der Waals surface area contributed by atoms with Crippen LogP contribution in [0.1, 0.15) is 37.7 Å². The van der Waals surface area contributed by atoms with Crippen LogP contribution in [0.5, 0.6) is 0 Å². The van der Waals surface area contributed by atoms with Crippen molar-refractivity contribution in [1.29, 1.82) is 0 Å². The summed E-state index contributed by atoms with van der Waals surface area (Å²) in [5.41, 5.74) is 1.10. The maximum absolute atomic E-state index is 12.0. The summed E-state index contributed by atoms with van der Waals surface area (Å²) >= 11 is 0. The van der Waals surface area contributed by atoms with E-state index < -0.39 is 0 Å². The first kappa shape index (κ1) is 10.9. The van der Waals surface area contributed by atoms with Gasteiger partial charge < -0.3 is 0 Å². The van der Waals surface area contributed by atoms with E-state index >= 15 is 0 Å². The van der Waals surface area contributed by atoms with Gasteiger partial charge in [-0.1, -0.05) is 6.42 Å². The van der Waals surface area contributed by atoms with Crippen LogP contribution in [-0.2, 0) is 11.2 Å². The van der Waals surface area contributed by atoms with E-state index in [4.69, 9.17) is 0 Å². The second-order valence-electron chi connectivity index (χ2n) is 5.71. The fourth-order valence-electron chi connectivity index (χ4n) is 3.72. The lowest BCUT2D eigenvalue weighted by Gasteiger charge is -2.20. The highest BCUT2D eigenvalue weighted by molar-refractivity contribution is 5.81. The molecule has 2 fully saturated rings. The fraction of sp³-hybridized carbons (Fsp3) is 0.600. The lowest BCUT2D eigenvalue weighted by molar-refractivity contribution is -0.119. The third-order valence-electron chi connectivity index (χ3n) is 4.53. The van der Waals surface area contributed by atoms with Gasteiger partial charge in [0.25, 0.3) is 0 Å². The van der Waals surface area contributed by atoms with Crippen molar-refractivity contribution in [1.82, 2.24) is 4.98 Å². The number of nitrogens with zero attached hydrogens (tertiary/aromatic N) is 1. The van der Waals surface area contributed by atoms with Crippen LogP contribution < -0.4 is 0 Å². The zero-order valence-corrected chi connectivity index (χ0v) is 10.1. The predicted molar refractivity (Wildman–Crippen MR) is 66.5 cm³/mol. The summed E-state index contributed by atoms with van der Waals surface area (Å²) in [7, 11) is 0. The van der Waals surface area contributed by atoms with Crippen molar-refractivity contribution in [2.75, 3.05) is 0 Å². The van der Waals surface area contributed by atoms with Gasteiger partial charge in [-0.25, -0.2) is 0 Å². The van der Waals surface area contributed by atoms with Gasteiger partial charge in [0.1, 0.15) is 5.78 Å². The molecule has 1 aromatic rings. The molecule has 0 spiro atoms. The maximum atomic E-state index is 12.0. The predicted octanol–water partition coefficient (Wildman–Crippen LogP) is 3.02. The molecular formula is C15H19NO. The molecule has 1 aromatic heterocycles. The van der Waals surface area contributed by atoms with Crippen molar-refractivity contribution in [3.63, 3.8) is 0 Å². The number of ketones is 1. The Morgan fingerprint density at radius 2 is 2.06 bits per heavy atom. The Morgan fingerprint density at radius 1 is 1.24 bits per heavy atom. The summed E-state index contributed by atoms with van der Waals surface area (Å²) < 4.78 is 0. The van der Waals surface area contributed by atoms with Gasteiger partial charge >= 0.3 is 0 Å². The van der Waals surface area contributed by atoms with Crippen molar-refractivity contribution >= 4 is 5.78 Å². The van der Waals surface area contributed by atoms with Crippen molar-refractivity contribution < 1.29 is 4.79 Å². The molecule has 2 bridgehead atoms. The summed E-state index contributed by atoms with van der Waals surface area (Å²) in [6.07, 6.45) is 10.4. The zero-order chi connectivity index (χ0) is 11.7. The molecule has 17 heavy (non-hydrogen) atoms. The van der Waals surface area contributed by atoms with Gasteiger partial charge in [0.15, 0.2) is 0 Å². The van der Waals surface area contributed by atoms with E-state index in [0.29, 0.717) is 18.1 Å². The van der Waals surface area contributed by atoms with Crippen LogP contribution in [-0.4, -0.2) is 10.8 Å². The molecule has 2 nitrogen and oxygen atoms in total. The first-order chi connectivity index (χ1) is 8.31. The highest BCUT2D eigenvalue weighted by Crippen LogP contribution is 2.49. The maximum Gasteiger partial charge on any atom is 0.137 e. The van der Waals surface area contributed by atoms with Crippen molar-refractivity contribution in [2.24, 2.45) is 17.8 Å². The molecule has 3 unspecified atom stereocenters. The summed E-state index contributed by atoms with van der Waals surface area (Å²) in [5, 5.41) is 0. The average Bonchev–Trinajstić information content (AvgIpc) is 2.92. The molecule has 2 saturated carbocycles. The number of Topliss-reactive ketones (excluding diaryl/α,β-unsaturated/α-hetero) is 1. The highest BCUT2D eigenvalue weighted by Gasteiger charge is 2.39. The number of rotatable bonds is 4. The van der Waals surface area contributed by atoms with E-state index in [-0.39, 0.29) is 0 Å². The average molecular weight is 229 g/mol. The van der Waals surface area contributed by atoms with Crippen molar-refractivity contribution in [2.45, 2.75) is 38.5 Å². The van der Waals surface area contributed by atoms with E-state index in [9.17, 15) is 4.79 Å². The number of hydrogen-bond donors (Lipinski definition) is 0. The molecule has 1 heterocycles. The standard InChI is InChI=1S/C15H19NO/c17-15(9-11-3-5-16-6-4-11)10-14-8-12-1-2-13(14)7-12/h3-6,12-14H,1-2,7-10H2. The fourth-order valence-corrected chi connectivity index (χ4v) is 3.72. The Bertz CT molecular complexity index is 401. The number of carbonyl (C=O) groups excluding carboxylic acids is 1. The van der Waals surface area contributed by atoms with Crippen LogP contribution in [0.4, 0.5) is 0 Å². The first-order valence-electron chi connectivity index (χ1n) is 6.72. The molecule has 3 atom stereocenters. The Kier molecular flexibility index (Phi) is 2.96. The van der Waals surface area contributed by atoms with E-state index in [1.54, 1.807) is 12.4 Å². The molecule has 0 aromatic carbocycles. The minimum atomic E-state index is 0.411. The third kappa shape index (κ3) is 2.41. The summed E-state index contributed by atoms with van der Waals surface area (Å²) in [6.45, 7) is 0. The zero-order valence-electron chi connectivity index (χ0n) is 10.1. The molecule has 3 rings (SSSR count). The second-order valence-corrected chi connectivity index (χ2v) is 5.71.